The Bertz CT molecular complexity index is 1380. The monoisotopic (exact) mass is 623 g/mol. The summed E-state index contributed by atoms with van der Waals surface area (Å²) >= 11 is 0. The topological polar surface area (TPSA) is 36.0 Å². The Morgan fingerprint density at radius 3 is 1.39 bits per heavy atom. The smallest absolute Gasteiger partial charge is 0.320 e. The summed E-state index contributed by atoms with van der Waals surface area (Å²) in [4.78, 5) is 21.6. The van der Waals surface area contributed by atoms with Crippen LogP contribution in [-0.4, -0.2) is 61.5 Å². The zero-order chi connectivity index (χ0) is 33.2. The van der Waals surface area contributed by atoms with Gasteiger partial charge in [0.2, 0.25) is 0 Å². The Labute approximate surface area is 278 Å². The van der Waals surface area contributed by atoms with Crippen molar-refractivity contribution in [2.75, 3.05) is 6.54 Å². The van der Waals surface area contributed by atoms with E-state index in [0.29, 0.717) is 6.54 Å². The number of esters is 1. The molecule has 2 fully saturated rings. The van der Waals surface area contributed by atoms with Gasteiger partial charge in [-0.2, -0.15) is 0 Å². The molecule has 2 saturated heterocycles. The number of ether oxygens (including phenoxy) is 1. The molecule has 0 amide bonds. The van der Waals surface area contributed by atoms with E-state index in [0.717, 1.165) is 45.3 Å². The number of carbonyl (C=O) groups excluding carboxylic acids is 1. The van der Waals surface area contributed by atoms with E-state index in [1.165, 1.54) is 16.7 Å². The lowest BCUT2D eigenvalue weighted by molar-refractivity contribution is -0.164. The molecule has 0 spiro atoms. The van der Waals surface area contributed by atoms with E-state index in [2.05, 4.69) is 161 Å². The Kier molecular flexibility index (Phi) is 10.2. The van der Waals surface area contributed by atoms with E-state index < -0.39 is 0 Å². The van der Waals surface area contributed by atoms with Gasteiger partial charge < -0.3 is 4.74 Å². The summed E-state index contributed by atoms with van der Waals surface area (Å²) in [6, 6.07) is 32.3. The highest BCUT2D eigenvalue weighted by Crippen LogP contribution is 2.43. The van der Waals surface area contributed by atoms with Gasteiger partial charge in [0.15, 0.2) is 0 Å². The van der Waals surface area contributed by atoms with Crippen molar-refractivity contribution in [3.05, 3.63) is 108 Å². The fourth-order valence-electron chi connectivity index (χ4n) is 8.74. The third-order valence-corrected chi connectivity index (χ3v) is 10.6. The van der Waals surface area contributed by atoms with Gasteiger partial charge in [0, 0.05) is 60.7 Å². The highest BCUT2D eigenvalue weighted by molar-refractivity contribution is 5.72. The van der Waals surface area contributed by atoms with Crippen LogP contribution in [0.15, 0.2) is 91.0 Å². The number of likely N-dealkylation sites (tertiary alicyclic amines) is 2. The van der Waals surface area contributed by atoms with Crippen molar-refractivity contribution >= 4 is 5.97 Å². The van der Waals surface area contributed by atoms with Gasteiger partial charge in [-0.25, -0.2) is 0 Å². The number of carbonyl (C=O) groups is 1. The maximum absolute atomic E-state index is 13.9. The fourth-order valence-corrected chi connectivity index (χ4v) is 8.74. The summed E-state index contributed by atoms with van der Waals surface area (Å²) in [6.45, 7) is 21.5. The van der Waals surface area contributed by atoms with Crippen molar-refractivity contribution in [3.8, 4) is 0 Å². The molecule has 0 atom stereocenters. The molecular weight excluding hydrogens is 566 g/mol. The van der Waals surface area contributed by atoms with Gasteiger partial charge in [-0.05, 0) is 84.9 Å². The van der Waals surface area contributed by atoms with Crippen molar-refractivity contribution in [2.24, 2.45) is 0 Å². The lowest BCUT2D eigenvalue weighted by Crippen LogP contribution is -2.64. The first-order valence-electron chi connectivity index (χ1n) is 17.3. The molecule has 248 valence electrons. The van der Waals surface area contributed by atoms with Crippen LogP contribution in [0.5, 0.6) is 0 Å². The fraction of sp³-hybridized carbons (Fsp3) is 0.537. The molecule has 2 heterocycles. The van der Waals surface area contributed by atoms with Crippen molar-refractivity contribution in [2.45, 2.75) is 135 Å². The van der Waals surface area contributed by atoms with Gasteiger partial charge >= 0.3 is 5.97 Å². The zero-order valence-electron chi connectivity index (χ0n) is 29.6. The quantitative estimate of drug-likeness (QED) is 0.212. The maximum atomic E-state index is 13.9. The van der Waals surface area contributed by atoms with E-state index in [-0.39, 0.29) is 40.3 Å². The van der Waals surface area contributed by atoms with E-state index in [1.54, 1.807) is 0 Å². The van der Waals surface area contributed by atoms with Gasteiger partial charge in [0.25, 0.3) is 0 Å². The van der Waals surface area contributed by atoms with Crippen LogP contribution in [0, 0.1) is 0 Å². The van der Waals surface area contributed by atoms with Crippen molar-refractivity contribution in [1.29, 1.82) is 0 Å². The molecule has 0 saturated carbocycles. The van der Waals surface area contributed by atoms with E-state index in [4.69, 9.17) is 4.74 Å². The van der Waals surface area contributed by atoms with Crippen LogP contribution < -0.4 is 0 Å². The van der Waals surface area contributed by atoms with Gasteiger partial charge in [0.05, 0.1) is 6.54 Å². The number of hydrogen-bond acceptors (Lipinski definition) is 5. The molecule has 2 aliphatic heterocycles. The third-order valence-electron chi connectivity index (χ3n) is 10.6. The molecule has 2 aliphatic rings. The Morgan fingerprint density at radius 1 is 0.609 bits per heavy atom. The molecule has 3 aromatic rings. The summed E-state index contributed by atoms with van der Waals surface area (Å²) in [6.07, 6.45) is 3.52. The van der Waals surface area contributed by atoms with Crippen LogP contribution in [0.3, 0.4) is 0 Å². The zero-order valence-corrected chi connectivity index (χ0v) is 29.6. The van der Waals surface area contributed by atoms with Crippen LogP contribution in [0.25, 0.3) is 0 Å². The highest BCUT2D eigenvalue weighted by Gasteiger charge is 2.48. The Hall–Kier alpha value is -2.99. The van der Waals surface area contributed by atoms with Crippen molar-refractivity contribution in [1.82, 2.24) is 14.7 Å². The first kappa shape index (κ1) is 34.3. The number of hydrogen-bond donors (Lipinski definition) is 0. The largest absolute Gasteiger partial charge is 0.461 e. The summed E-state index contributed by atoms with van der Waals surface area (Å²) in [7, 11) is 0. The summed E-state index contributed by atoms with van der Waals surface area (Å²) in [5.41, 5.74) is 3.59. The SMILES string of the molecule is CC1(C)CC(OC(=O)CN(Cc2ccccc2)C2CC(C)(C)N(Cc3ccccc3)C(C)(C)C2)CC(C)(C)N1Cc1ccccc1. The minimum absolute atomic E-state index is 0.0409. The van der Waals surface area contributed by atoms with Crippen LogP contribution in [0.2, 0.25) is 0 Å². The minimum Gasteiger partial charge on any atom is -0.461 e. The predicted octanol–water partition coefficient (Wildman–Crippen LogP) is 8.48. The molecule has 5 rings (SSSR count). The van der Waals surface area contributed by atoms with Crippen LogP contribution in [-0.2, 0) is 29.2 Å². The second-order valence-corrected chi connectivity index (χ2v) is 16.4. The molecule has 0 aliphatic carbocycles. The number of nitrogens with zero attached hydrogens (tertiary/aromatic N) is 3. The average molecular weight is 624 g/mol. The molecule has 0 bridgehead atoms. The average Bonchev–Trinajstić information content (AvgIpc) is 2.97. The lowest BCUT2D eigenvalue weighted by Gasteiger charge is -2.57. The Balaban J connectivity index is 1.30. The normalized spacial score (nSPS) is 21.7. The second kappa shape index (κ2) is 13.6. The molecule has 46 heavy (non-hydrogen) atoms. The summed E-state index contributed by atoms with van der Waals surface area (Å²) in [5, 5.41) is 0. The molecular formula is C41H57N3O2. The molecule has 5 heteroatoms. The van der Waals surface area contributed by atoms with E-state index in [1.807, 2.05) is 0 Å². The van der Waals surface area contributed by atoms with Crippen molar-refractivity contribution < 1.29 is 9.53 Å². The molecule has 5 nitrogen and oxygen atoms in total. The van der Waals surface area contributed by atoms with Gasteiger partial charge in [-0.1, -0.05) is 91.0 Å². The lowest BCUT2D eigenvalue weighted by atomic mass is 9.76. The Morgan fingerprint density at radius 2 is 0.978 bits per heavy atom. The summed E-state index contributed by atoms with van der Waals surface area (Å²) < 4.78 is 6.41. The second-order valence-electron chi connectivity index (χ2n) is 16.4. The van der Waals surface area contributed by atoms with E-state index >= 15 is 0 Å². The van der Waals surface area contributed by atoms with Crippen LogP contribution in [0.4, 0.5) is 0 Å². The first-order valence-corrected chi connectivity index (χ1v) is 17.3. The third kappa shape index (κ3) is 8.29. The van der Waals surface area contributed by atoms with Gasteiger partial charge in [-0.15, -0.1) is 0 Å². The maximum Gasteiger partial charge on any atom is 0.320 e. The van der Waals surface area contributed by atoms with Gasteiger partial charge in [-0.3, -0.25) is 19.5 Å². The van der Waals surface area contributed by atoms with Crippen LogP contribution in [0.1, 0.15) is 97.8 Å². The molecule has 0 aromatic heterocycles. The number of piperidine rings is 2. The van der Waals surface area contributed by atoms with Crippen molar-refractivity contribution in [3.63, 3.8) is 0 Å². The van der Waals surface area contributed by atoms with Crippen LogP contribution >= 0.6 is 0 Å². The predicted molar refractivity (Wildman–Crippen MR) is 189 cm³/mol. The minimum atomic E-state index is -0.108. The van der Waals surface area contributed by atoms with E-state index in [9.17, 15) is 4.79 Å². The van der Waals surface area contributed by atoms with Gasteiger partial charge in [0.1, 0.15) is 6.10 Å². The highest BCUT2D eigenvalue weighted by atomic mass is 16.5. The first-order chi connectivity index (χ1) is 21.6. The summed E-state index contributed by atoms with van der Waals surface area (Å²) in [5.74, 6) is -0.105. The number of benzene rings is 3. The standard InChI is InChI=1S/C41H57N3O2/c1-38(2)24-35(25-39(3,4)43(38)29-33-20-14-10-15-21-33)42(28-32-18-12-9-13-19-32)31-37(45)46-36-26-40(5,6)44(41(7,8)27-36)30-34-22-16-11-17-23-34/h9-23,35-36H,24-31H2,1-8H3. The molecule has 0 radical (unpaired) electrons. The molecule has 0 unspecified atom stereocenters. The molecule has 3 aromatic carbocycles. The molecule has 0 N–H and O–H groups in total. The number of rotatable bonds is 10.